The average molecular weight is 215 g/mol. The van der Waals surface area contributed by atoms with Crippen molar-refractivity contribution in [1.82, 2.24) is 5.32 Å². The van der Waals surface area contributed by atoms with Gasteiger partial charge in [-0.2, -0.15) is 0 Å². The standard InChI is InChI=1S/C11H21NO3/c1-9(10-3-7-15-8-4-10)11(14)12-5-2-6-13/h9-10,13H,2-8H2,1H3,(H,12,14). The highest BCUT2D eigenvalue weighted by Crippen LogP contribution is 2.23. The topological polar surface area (TPSA) is 58.6 Å². The van der Waals surface area contributed by atoms with E-state index in [4.69, 9.17) is 9.84 Å². The fourth-order valence-corrected chi connectivity index (χ4v) is 1.88. The predicted octanol–water partition coefficient (Wildman–Crippen LogP) is 0.548. The number of ether oxygens (including phenoxy) is 1. The van der Waals surface area contributed by atoms with E-state index in [0.717, 1.165) is 26.1 Å². The summed E-state index contributed by atoms with van der Waals surface area (Å²) in [6, 6.07) is 0. The molecule has 1 saturated heterocycles. The molecule has 1 amide bonds. The Kier molecular flexibility index (Phi) is 5.65. The second kappa shape index (κ2) is 6.80. The highest BCUT2D eigenvalue weighted by atomic mass is 16.5. The first-order chi connectivity index (χ1) is 7.25. The number of carbonyl (C=O) groups is 1. The van der Waals surface area contributed by atoms with E-state index in [9.17, 15) is 4.79 Å². The molecule has 4 nitrogen and oxygen atoms in total. The van der Waals surface area contributed by atoms with Crippen LogP contribution in [0, 0.1) is 11.8 Å². The van der Waals surface area contributed by atoms with Crippen molar-refractivity contribution >= 4 is 5.91 Å². The number of aliphatic hydroxyl groups excluding tert-OH is 1. The van der Waals surface area contributed by atoms with Crippen LogP contribution in [-0.4, -0.2) is 37.4 Å². The van der Waals surface area contributed by atoms with E-state index in [0.29, 0.717) is 18.9 Å². The van der Waals surface area contributed by atoms with Crippen molar-refractivity contribution in [2.24, 2.45) is 11.8 Å². The number of rotatable bonds is 5. The summed E-state index contributed by atoms with van der Waals surface area (Å²) in [5, 5.41) is 11.4. The van der Waals surface area contributed by atoms with Crippen molar-refractivity contribution in [3.05, 3.63) is 0 Å². The summed E-state index contributed by atoms with van der Waals surface area (Å²) >= 11 is 0. The number of amides is 1. The number of hydrogen-bond acceptors (Lipinski definition) is 3. The predicted molar refractivity (Wildman–Crippen MR) is 57.4 cm³/mol. The van der Waals surface area contributed by atoms with E-state index in [1.54, 1.807) is 0 Å². The lowest BCUT2D eigenvalue weighted by atomic mass is 9.87. The highest BCUT2D eigenvalue weighted by molar-refractivity contribution is 5.78. The summed E-state index contributed by atoms with van der Waals surface area (Å²) in [6.45, 7) is 4.23. The van der Waals surface area contributed by atoms with Gasteiger partial charge in [-0.1, -0.05) is 6.92 Å². The van der Waals surface area contributed by atoms with Crippen LogP contribution in [0.5, 0.6) is 0 Å². The Bertz CT molecular complexity index is 190. The van der Waals surface area contributed by atoms with Crippen LogP contribution in [0.2, 0.25) is 0 Å². The molecule has 4 heteroatoms. The number of hydrogen-bond donors (Lipinski definition) is 2. The van der Waals surface area contributed by atoms with Crippen molar-refractivity contribution in [3.63, 3.8) is 0 Å². The van der Waals surface area contributed by atoms with E-state index >= 15 is 0 Å². The molecule has 1 atom stereocenters. The van der Waals surface area contributed by atoms with Gasteiger partial charge in [0.05, 0.1) is 0 Å². The maximum atomic E-state index is 11.7. The second-order valence-electron chi connectivity index (χ2n) is 4.11. The minimum Gasteiger partial charge on any atom is -0.396 e. The first kappa shape index (κ1) is 12.5. The van der Waals surface area contributed by atoms with Gasteiger partial charge in [-0.25, -0.2) is 0 Å². The molecule has 1 aliphatic rings. The van der Waals surface area contributed by atoms with E-state index in [-0.39, 0.29) is 18.4 Å². The molecule has 0 saturated carbocycles. The van der Waals surface area contributed by atoms with Gasteiger partial charge in [0.1, 0.15) is 0 Å². The molecule has 1 fully saturated rings. The maximum Gasteiger partial charge on any atom is 0.223 e. The third kappa shape index (κ3) is 4.18. The van der Waals surface area contributed by atoms with Gasteiger partial charge in [-0.15, -0.1) is 0 Å². The molecule has 1 heterocycles. The fraction of sp³-hybridized carbons (Fsp3) is 0.909. The van der Waals surface area contributed by atoms with Crippen LogP contribution in [0.1, 0.15) is 26.2 Å². The first-order valence-electron chi connectivity index (χ1n) is 5.72. The molecule has 0 aromatic carbocycles. The monoisotopic (exact) mass is 215 g/mol. The zero-order valence-corrected chi connectivity index (χ0v) is 9.37. The molecule has 0 bridgehead atoms. The highest BCUT2D eigenvalue weighted by Gasteiger charge is 2.25. The Morgan fingerprint density at radius 1 is 1.53 bits per heavy atom. The SMILES string of the molecule is CC(C(=O)NCCCO)C1CCOCC1. The van der Waals surface area contributed by atoms with Gasteiger partial charge in [0, 0.05) is 32.3 Å². The Morgan fingerprint density at radius 2 is 2.20 bits per heavy atom. The molecule has 1 rings (SSSR count). The summed E-state index contributed by atoms with van der Waals surface area (Å²) in [5.74, 6) is 0.621. The fourth-order valence-electron chi connectivity index (χ4n) is 1.88. The normalized spacial score (nSPS) is 19.9. The Hall–Kier alpha value is -0.610. The van der Waals surface area contributed by atoms with Crippen molar-refractivity contribution in [2.45, 2.75) is 26.2 Å². The summed E-state index contributed by atoms with van der Waals surface area (Å²) in [7, 11) is 0. The molecule has 2 N–H and O–H groups in total. The van der Waals surface area contributed by atoms with E-state index in [1.807, 2.05) is 6.92 Å². The lowest BCUT2D eigenvalue weighted by Crippen LogP contribution is -2.36. The van der Waals surface area contributed by atoms with Gasteiger partial charge in [0.15, 0.2) is 0 Å². The third-order valence-electron chi connectivity index (χ3n) is 3.02. The second-order valence-corrected chi connectivity index (χ2v) is 4.11. The smallest absolute Gasteiger partial charge is 0.223 e. The molecule has 15 heavy (non-hydrogen) atoms. The minimum absolute atomic E-state index is 0.0626. The summed E-state index contributed by atoms with van der Waals surface area (Å²) in [6.07, 6.45) is 2.59. The van der Waals surface area contributed by atoms with Crippen LogP contribution in [-0.2, 0) is 9.53 Å². The van der Waals surface area contributed by atoms with Gasteiger partial charge in [-0.05, 0) is 25.2 Å². The van der Waals surface area contributed by atoms with Gasteiger partial charge in [0.25, 0.3) is 0 Å². The molecule has 0 aromatic heterocycles. The van der Waals surface area contributed by atoms with Crippen LogP contribution in [0.25, 0.3) is 0 Å². The van der Waals surface area contributed by atoms with Gasteiger partial charge in [-0.3, -0.25) is 4.79 Å². The molecule has 1 aliphatic heterocycles. The number of carbonyl (C=O) groups excluding carboxylic acids is 1. The van der Waals surface area contributed by atoms with Crippen LogP contribution >= 0.6 is 0 Å². The summed E-state index contributed by atoms with van der Waals surface area (Å²) in [4.78, 5) is 11.7. The molecule has 0 radical (unpaired) electrons. The van der Waals surface area contributed by atoms with Gasteiger partial charge in [0.2, 0.25) is 5.91 Å². The lowest BCUT2D eigenvalue weighted by Gasteiger charge is -2.26. The number of aliphatic hydroxyl groups is 1. The van der Waals surface area contributed by atoms with E-state index in [1.165, 1.54) is 0 Å². The number of nitrogens with one attached hydrogen (secondary N) is 1. The third-order valence-corrected chi connectivity index (χ3v) is 3.02. The Balaban J connectivity index is 2.24. The van der Waals surface area contributed by atoms with Crippen LogP contribution in [0.15, 0.2) is 0 Å². The molecule has 0 aliphatic carbocycles. The van der Waals surface area contributed by atoms with Crippen molar-refractivity contribution in [2.75, 3.05) is 26.4 Å². The van der Waals surface area contributed by atoms with Crippen molar-refractivity contribution < 1.29 is 14.6 Å². The van der Waals surface area contributed by atoms with Gasteiger partial charge < -0.3 is 15.2 Å². The van der Waals surface area contributed by atoms with Crippen molar-refractivity contribution in [1.29, 1.82) is 0 Å². The maximum absolute atomic E-state index is 11.7. The Labute approximate surface area is 91.0 Å². The average Bonchev–Trinajstić information content (AvgIpc) is 2.29. The van der Waals surface area contributed by atoms with E-state index < -0.39 is 0 Å². The largest absolute Gasteiger partial charge is 0.396 e. The molecular formula is C11H21NO3. The zero-order valence-electron chi connectivity index (χ0n) is 9.37. The minimum atomic E-state index is 0.0626. The lowest BCUT2D eigenvalue weighted by molar-refractivity contribution is -0.127. The quantitative estimate of drug-likeness (QED) is 0.658. The molecular weight excluding hydrogens is 194 g/mol. The van der Waals surface area contributed by atoms with Crippen LogP contribution in [0.3, 0.4) is 0 Å². The van der Waals surface area contributed by atoms with E-state index in [2.05, 4.69) is 5.32 Å². The molecule has 0 aromatic rings. The first-order valence-corrected chi connectivity index (χ1v) is 5.72. The zero-order chi connectivity index (χ0) is 11.1. The summed E-state index contributed by atoms with van der Waals surface area (Å²) < 4.78 is 5.26. The molecule has 0 spiro atoms. The van der Waals surface area contributed by atoms with Crippen molar-refractivity contribution in [3.8, 4) is 0 Å². The van der Waals surface area contributed by atoms with Crippen LogP contribution < -0.4 is 5.32 Å². The van der Waals surface area contributed by atoms with Crippen LogP contribution in [0.4, 0.5) is 0 Å². The van der Waals surface area contributed by atoms with Gasteiger partial charge >= 0.3 is 0 Å². The molecule has 88 valence electrons. The Morgan fingerprint density at radius 3 is 2.80 bits per heavy atom. The summed E-state index contributed by atoms with van der Waals surface area (Å²) in [5.41, 5.74) is 0. The molecule has 1 unspecified atom stereocenters.